The van der Waals surface area contributed by atoms with E-state index in [0.717, 1.165) is 37.4 Å². The van der Waals surface area contributed by atoms with E-state index in [1.54, 1.807) is 0 Å². The minimum absolute atomic E-state index is 0.0422. The highest BCUT2D eigenvalue weighted by Gasteiger charge is 2.35. The summed E-state index contributed by atoms with van der Waals surface area (Å²) < 4.78 is 0. The number of piperidine rings is 1. The normalized spacial score (nSPS) is 20.5. The summed E-state index contributed by atoms with van der Waals surface area (Å²) in [5, 5.41) is 0. The van der Waals surface area contributed by atoms with Crippen LogP contribution in [-0.4, -0.2) is 23.9 Å². The highest BCUT2D eigenvalue weighted by atomic mass is 16.2. The number of rotatable bonds is 2. The highest BCUT2D eigenvalue weighted by molar-refractivity contribution is 5.87. The lowest BCUT2D eigenvalue weighted by Crippen LogP contribution is -2.52. The number of nitrogens with zero attached hydrogens (tertiary/aromatic N) is 1. The van der Waals surface area contributed by atoms with Crippen molar-refractivity contribution in [2.75, 3.05) is 13.1 Å². The molecule has 0 radical (unpaired) electrons. The van der Waals surface area contributed by atoms with E-state index in [1.807, 2.05) is 42.2 Å². The van der Waals surface area contributed by atoms with E-state index in [0.29, 0.717) is 0 Å². The van der Waals surface area contributed by atoms with Gasteiger partial charge in [0.15, 0.2) is 0 Å². The Morgan fingerprint density at radius 1 is 1.28 bits per heavy atom. The molecule has 98 valence electrons. The maximum Gasteiger partial charge on any atom is 0.246 e. The van der Waals surface area contributed by atoms with Gasteiger partial charge in [0.2, 0.25) is 5.91 Å². The molecule has 1 aromatic rings. The fourth-order valence-corrected chi connectivity index (χ4v) is 2.45. The Hall–Kier alpha value is -1.35. The number of hydrogen-bond acceptors (Lipinski definition) is 2. The molecule has 1 aromatic carbocycles. The molecular weight excluding hydrogens is 224 g/mol. The standard InChI is InChI=1S/C15H22N2O/c1-12-8-10-17(11-9-12)14(18)15(2,16)13-6-4-3-5-7-13/h3-7,12H,8-11,16H2,1-2H3. The summed E-state index contributed by atoms with van der Waals surface area (Å²) in [5.41, 5.74) is 6.22. The van der Waals surface area contributed by atoms with E-state index in [2.05, 4.69) is 6.92 Å². The molecule has 2 rings (SSSR count). The molecule has 1 fully saturated rings. The molecule has 0 saturated carbocycles. The Bertz CT molecular complexity index is 406. The molecule has 0 bridgehead atoms. The zero-order valence-corrected chi connectivity index (χ0v) is 11.2. The maximum atomic E-state index is 12.5. The topological polar surface area (TPSA) is 46.3 Å². The third-order valence-electron chi connectivity index (χ3n) is 3.89. The Balaban J connectivity index is 2.13. The number of nitrogens with two attached hydrogens (primary N) is 1. The molecule has 1 aliphatic heterocycles. The zero-order chi connectivity index (χ0) is 13.2. The van der Waals surface area contributed by atoms with Crippen molar-refractivity contribution in [1.29, 1.82) is 0 Å². The van der Waals surface area contributed by atoms with Crippen LogP contribution in [-0.2, 0) is 10.3 Å². The number of likely N-dealkylation sites (tertiary alicyclic amines) is 1. The molecule has 0 aliphatic carbocycles. The molecule has 1 heterocycles. The van der Waals surface area contributed by atoms with E-state index in [9.17, 15) is 4.79 Å². The lowest BCUT2D eigenvalue weighted by molar-refractivity contribution is -0.138. The summed E-state index contributed by atoms with van der Waals surface area (Å²) in [6, 6.07) is 9.62. The fourth-order valence-electron chi connectivity index (χ4n) is 2.45. The summed E-state index contributed by atoms with van der Waals surface area (Å²) in [6.07, 6.45) is 2.16. The van der Waals surface area contributed by atoms with Crippen molar-refractivity contribution in [3.63, 3.8) is 0 Å². The third-order valence-corrected chi connectivity index (χ3v) is 3.89. The van der Waals surface area contributed by atoms with Crippen LogP contribution >= 0.6 is 0 Å². The molecule has 3 nitrogen and oxygen atoms in total. The van der Waals surface area contributed by atoms with Crippen LogP contribution in [0.25, 0.3) is 0 Å². The maximum absolute atomic E-state index is 12.5. The van der Waals surface area contributed by atoms with Gasteiger partial charge in [0.05, 0.1) is 0 Å². The largest absolute Gasteiger partial charge is 0.341 e. The first kappa shape index (κ1) is 13.1. The molecule has 1 amide bonds. The highest BCUT2D eigenvalue weighted by Crippen LogP contribution is 2.24. The summed E-state index contributed by atoms with van der Waals surface area (Å²) >= 11 is 0. The van der Waals surface area contributed by atoms with Crippen molar-refractivity contribution in [2.24, 2.45) is 11.7 Å². The second-order valence-electron chi connectivity index (χ2n) is 5.54. The predicted octanol–water partition coefficient (Wildman–Crippen LogP) is 2.12. The number of benzene rings is 1. The van der Waals surface area contributed by atoms with Gasteiger partial charge in [0.25, 0.3) is 0 Å². The summed E-state index contributed by atoms with van der Waals surface area (Å²) in [6.45, 7) is 5.71. The van der Waals surface area contributed by atoms with Gasteiger partial charge in [-0.05, 0) is 31.2 Å². The van der Waals surface area contributed by atoms with Crippen LogP contribution in [0.2, 0.25) is 0 Å². The van der Waals surface area contributed by atoms with Gasteiger partial charge in [-0.15, -0.1) is 0 Å². The van der Waals surface area contributed by atoms with Crippen LogP contribution < -0.4 is 5.73 Å². The van der Waals surface area contributed by atoms with Crippen LogP contribution in [0.3, 0.4) is 0 Å². The third kappa shape index (κ3) is 2.56. The Morgan fingerprint density at radius 3 is 2.39 bits per heavy atom. The van der Waals surface area contributed by atoms with Gasteiger partial charge in [-0.1, -0.05) is 37.3 Å². The van der Waals surface area contributed by atoms with Crippen molar-refractivity contribution in [2.45, 2.75) is 32.2 Å². The number of carbonyl (C=O) groups is 1. The second-order valence-corrected chi connectivity index (χ2v) is 5.54. The van der Waals surface area contributed by atoms with Crippen molar-refractivity contribution in [3.05, 3.63) is 35.9 Å². The van der Waals surface area contributed by atoms with E-state index in [4.69, 9.17) is 5.73 Å². The Kier molecular flexibility index (Phi) is 3.71. The second kappa shape index (κ2) is 5.11. The van der Waals surface area contributed by atoms with Crippen LogP contribution in [0.5, 0.6) is 0 Å². The van der Waals surface area contributed by atoms with Crippen LogP contribution in [0.15, 0.2) is 30.3 Å². The first-order valence-electron chi connectivity index (χ1n) is 6.65. The van der Waals surface area contributed by atoms with Gasteiger partial charge in [-0.3, -0.25) is 4.79 Å². The van der Waals surface area contributed by atoms with Gasteiger partial charge in [0, 0.05) is 13.1 Å². The van der Waals surface area contributed by atoms with Crippen LogP contribution in [0.1, 0.15) is 32.3 Å². The summed E-state index contributed by atoms with van der Waals surface area (Å²) in [5.74, 6) is 0.760. The minimum Gasteiger partial charge on any atom is -0.341 e. The van der Waals surface area contributed by atoms with E-state index >= 15 is 0 Å². The Morgan fingerprint density at radius 2 is 1.83 bits per heavy atom. The van der Waals surface area contributed by atoms with Crippen molar-refractivity contribution in [3.8, 4) is 0 Å². The van der Waals surface area contributed by atoms with E-state index < -0.39 is 5.54 Å². The quantitative estimate of drug-likeness (QED) is 0.869. The van der Waals surface area contributed by atoms with Gasteiger partial charge in [-0.2, -0.15) is 0 Å². The molecule has 1 saturated heterocycles. The summed E-state index contributed by atoms with van der Waals surface area (Å²) in [4.78, 5) is 14.4. The average Bonchev–Trinajstić information content (AvgIpc) is 2.40. The van der Waals surface area contributed by atoms with Gasteiger partial charge >= 0.3 is 0 Å². The zero-order valence-electron chi connectivity index (χ0n) is 11.2. The molecule has 0 spiro atoms. The lowest BCUT2D eigenvalue weighted by Gasteiger charge is -2.36. The lowest BCUT2D eigenvalue weighted by atomic mass is 9.90. The first-order valence-corrected chi connectivity index (χ1v) is 6.65. The SMILES string of the molecule is CC1CCN(C(=O)C(C)(N)c2ccccc2)CC1. The molecule has 2 N–H and O–H groups in total. The minimum atomic E-state index is -0.915. The van der Waals surface area contributed by atoms with E-state index in [-0.39, 0.29) is 5.91 Å². The average molecular weight is 246 g/mol. The van der Waals surface area contributed by atoms with Gasteiger partial charge < -0.3 is 10.6 Å². The Labute approximate surface area is 109 Å². The first-order chi connectivity index (χ1) is 8.51. The number of hydrogen-bond donors (Lipinski definition) is 1. The number of carbonyl (C=O) groups excluding carboxylic acids is 1. The molecule has 3 heteroatoms. The predicted molar refractivity (Wildman–Crippen MR) is 73.0 cm³/mol. The van der Waals surface area contributed by atoms with Crippen molar-refractivity contribution >= 4 is 5.91 Å². The van der Waals surface area contributed by atoms with Crippen LogP contribution in [0.4, 0.5) is 0 Å². The molecule has 0 aromatic heterocycles. The smallest absolute Gasteiger partial charge is 0.246 e. The van der Waals surface area contributed by atoms with Crippen LogP contribution in [0, 0.1) is 5.92 Å². The molecular formula is C15H22N2O. The van der Waals surface area contributed by atoms with E-state index in [1.165, 1.54) is 0 Å². The molecule has 1 unspecified atom stereocenters. The molecule has 18 heavy (non-hydrogen) atoms. The monoisotopic (exact) mass is 246 g/mol. The van der Waals surface area contributed by atoms with Crippen molar-refractivity contribution in [1.82, 2.24) is 4.90 Å². The fraction of sp³-hybridized carbons (Fsp3) is 0.533. The van der Waals surface area contributed by atoms with Gasteiger partial charge in [0.1, 0.15) is 5.54 Å². The molecule has 1 aliphatic rings. The number of amides is 1. The van der Waals surface area contributed by atoms with Gasteiger partial charge in [-0.25, -0.2) is 0 Å². The van der Waals surface area contributed by atoms with Crippen molar-refractivity contribution < 1.29 is 4.79 Å². The summed E-state index contributed by atoms with van der Waals surface area (Å²) in [7, 11) is 0. The molecule has 1 atom stereocenters.